The van der Waals surface area contributed by atoms with E-state index in [1.165, 1.54) is 36.6 Å². The molecule has 1 heterocycles. The molecule has 96 valence electrons. The van der Waals surface area contributed by atoms with Gasteiger partial charge in [0.25, 0.3) is 0 Å². The summed E-state index contributed by atoms with van der Waals surface area (Å²) in [4.78, 5) is 14.3. The van der Waals surface area contributed by atoms with E-state index in [4.69, 9.17) is 0 Å². The Kier molecular flexibility index (Phi) is 4.19. The first-order chi connectivity index (χ1) is 8.70. The maximum Gasteiger partial charge on any atom is 0.248 e. The fourth-order valence-electron chi connectivity index (χ4n) is 2.38. The van der Waals surface area contributed by atoms with E-state index in [-0.39, 0.29) is 5.56 Å². The van der Waals surface area contributed by atoms with Gasteiger partial charge in [-0.05, 0) is 43.0 Å². The number of aromatic nitrogens is 1. The van der Waals surface area contributed by atoms with E-state index in [9.17, 15) is 4.79 Å². The number of aryl methyl sites for hydroxylation is 2. The van der Waals surface area contributed by atoms with Gasteiger partial charge >= 0.3 is 0 Å². The third-order valence-electron chi connectivity index (χ3n) is 3.43. The van der Waals surface area contributed by atoms with Gasteiger partial charge in [0.05, 0.1) is 0 Å². The van der Waals surface area contributed by atoms with Crippen molar-refractivity contribution < 1.29 is 0 Å². The quantitative estimate of drug-likeness (QED) is 0.792. The maximum atomic E-state index is 11.4. The Hall–Kier alpha value is -1.57. The van der Waals surface area contributed by atoms with Crippen molar-refractivity contribution in [1.82, 2.24) is 4.98 Å². The predicted octanol–water partition coefficient (Wildman–Crippen LogP) is 3.96. The lowest BCUT2D eigenvalue weighted by Crippen LogP contribution is -2.04. The van der Waals surface area contributed by atoms with Crippen molar-refractivity contribution in [2.24, 2.45) is 0 Å². The fraction of sp³-hybridized carbons (Fsp3) is 0.438. The molecule has 0 unspecified atom stereocenters. The fourth-order valence-corrected chi connectivity index (χ4v) is 2.38. The van der Waals surface area contributed by atoms with Gasteiger partial charge in [0, 0.05) is 17.0 Å². The van der Waals surface area contributed by atoms with Gasteiger partial charge in [0.2, 0.25) is 5.56 Å². The van der Waals surface area contributed by atoms with Gasteiger partial charge in [-0.1, -0.05) is 32.3 Å². The van der Waals surface area contributed by atoms with Gasteiger partial charge in [-0.3, -0.25) is 4.79 Å². The van der Waals surface area contributed by atoms with Gasteiger partial charge in [-0.15, -0.1) is 0 Å². The number of unbranched alkanes of at least 4 members (excludes halogenated alkanes) is 3. The summed E-state index contributed by atoms with van der Waals surface area (Å²) >= 11 is 0. The number of benzene rings is 1. The molecule has 0 saturated carbocycles. The van der Waals surface area contributed by atoms with Crippen LogP contribution in [0.2, 0.25) is 0 Å². The van der Waals surface area contributed by atoms with Crippen molar-refractivity contribution in [2.75, 3.05) is 0 Å². The molecule has 18 heavy (non-hydrogen) atoms. The van der Waals surface area contributed by atoms with E-state index in [0.717, 1.165) is 17.5 Å². The summed E-state index contributed by atoms with van der Waals surface area (Å²) in [5, 5.41) is 1.17. The second-order valence-electron chi connectivity index (χ2n) is 5.01. The Balaban J connectivity index is 2.19. The molecule has 1 aromatic heterocycles. The molecule has 0 radical (unpaired) electrons. The molecule has 2 aromatic rings. The van der Waals surface area contributed by atoms with Crippen LogP contribution >= 0.6 is 0 Å². The average molecular weight is 243 g/mol. The van der Waals surface area contributed by atoms with Crippen LogP contribution in [0.25, 0.3) is 10.9 Å². The Morgan fingerprint density at radius 1 is 1.11 bits per heavy atom. The maximum absolute atomic E-state index is 11.4. The Morgan fingerprint density at radius 2 is 1.94 bits per heavy atom. The molecule has 0 aliphatic heterocycles. The number of nitrogens with one attached hydrogen (secondary N) is 1. The Morgan fingerprint density at radius 3 is 2.72 bits per heavy atom. The highest BCUT2D eigenvalue weighted by Crippen LogP contribution is 2.18. The van der Waals surface area contributed by atoms with Gasteiger partial charge in [-0.2, -0.15) is 0 Å². The summed E-state index contributed by atoms with van der Waals surface area (Å²) < 4.78 is 0. The SMILES string of the molecule is CCCCCCc1ccc2[nH]c(=O)cc(C)c2c1. The molecular formula is C16H21NO. The summed E-state index contributed by atoms with van der Waals surface area (Å²) in [6, 6.07) is 8.04. The van der Waals surface area contributed by atoms with Gasteiger partial charge in [0.15, 0.2) is 0 Å². The molecule has 0 aliphatic rings. The van der Waals surface area contributed by atoms with Crippen molar-refractivity contribution in [1.29, 1.82) is 0 Å². The lowest BCUT2D eigenvalue weighted by Gasteiger charge is -2.05. The molecule has 1 aromatic carbocycles. The molecule has 0 amide bonds. The third-order valence-corrected chi connectivity index (χ3v) is 3.43. The normalized spacial score (nSPS) is 11.0. The second kappa shape index (κ2) is 5.85. The van der Waals surface area contributed by atoms with Crippen LogP contribution in [0.1, 0.15) is 43.7 Å². The zero-order chi connectivity index (χ0) is 13.0. The van der Waals surface area contributed by atoms with Crippen LogP contribution in [0.3, 0.4) is 0 Å². The summed E-state index contributed by atoms with van der Waals surface area (Å²) in [6.45, 7) is 4.23. The molecule has 0 saturated heterocycles. The number of hydrogen-bond donors (Lipinski definition) is 1. The van der Waals surface area contributed by atoms with Crippen molar-refractivity contribution >= 4 is 10.9 Å². The molecule has 0 bridgehead atoms. The van der Waals surface area contributed by atoms with Crippen molar-refractivity contribution in [2.45, 2.75) is 46.0 Å². The third kappa shape index (κ3) is 3.00. The largest absolute Gasteiger partial charge is 0.322 e. The first kappa shape index (κ1) is 12.9. The molecule has 0 fully saturated rings. The van der Waals surface area contributed by atoms with E-state index in [2.05, 4.69) is 24.0 Å². The van der Waals surface area contributed by atoms with Crippen LogP contribution in [-0.2, 0) is 6.42 Å². The molecular weight excluding hydrogens is 222 g/mol. The summed E-state index contributed by atoms with van der Waals surface area (Å²) in [7, 11) is 0. The molecule has 0 atom stereocenters. The predicted molar refractivity (Wildman–Crippen MR) is 77.2 cm³/mol. The molecule has 2 rings (SSSR count). The van der Waals surface area contributed by atoms with Crippen LogP contribution in [0, 0.1) is 6.92 Å². The summed E-state index contributed by atoms with van der Waals surface area (Å²) in [5.41, 5.74) is 3.35. The molecule has 0 spiro atoms. The molecule has 2 nitrogen and oxygen atoms in total. The number of aromatic amines is 1. The minimum atomic E-state index is -0.0179. The Labute approximate surface area is 108 Å². The number of H-pyrrole nitrogens is 1. The average Bonchev–Trinajstić information content (AvgIpc) is 2.35. The van der Waals surface area contributed by atoms with Crippen LogP contribution in [0.15, 0.2) is 29.1 Å². The van der Waals surface area contributed by atoms with Gasteiger partial charge in [-0.25, -0.2) is 0 Å². The Bertz CT molecular complexity index is 583. The minimum Gasteiger partial charge on any atom is -0.322 e. The molecule has 1 N–H and O–H groups in total. The molecule has 0 aliphatic carbocycles. The first-order valence-electron chi connectivity index (χ1n) is 6.83. The van der Waals surface area contributed by atoms with Gasteiger partial charge < -0.3 is 4.98 Å². The lowest BCUT2D eigenvalue weighted by molar-refractivity contribution is 0.667. The second-order valence-corrected chi connectivity index (χ2v) is 5.01. The van der Waals surface area contributed by atoms with Crippen molar-refractivity contribution in [3.05, 3.63) is 45.7 Å². The number of rotatable bonds is 5. The zero-order valence-corrected chi connectivity index (χ0v) is 11.3. The van der Waals surface area contributed by atoms with E-state index in [1.807, 2.05) is 13.0 Å². The van der Waals surface area contributed by atoms with E-state index in [0.29, 0.717) is 0 Å². The molecule has 2 heteroatoms. The standard InChI is InChI=1S/C16H21NO/c1-3-4-5-6-7-13-8-9-15-14(11-13)12(2)10-16(18)17-15/h8-11H,3-7H2,1-2H3,(H,17,18). The summed E-state index contributed by atoms with van der Waals surface area (Å²) in [5.74, 6) is 0. The van der Waals surface area contributed by atoms with Gasteiger partial charge in [0.1, 0.15) is 0 Å². The highest BCUT2D eigenvalue weighted by atomic mass is 16.1. The topological polar surface area (TPSA) is 32.9 Å². The summed E-state index contributed by atoms with van der Waals surface area (Å²) in [6.07, 6.45) is 6.29. The monoisotopic (exact) mass is 243 g/mol. The smallest absolute Gasteiger partial charge is 0.248 e. The highest BCUT2D eigenvalue weighted by molar-refractivity contribution is 5.82. The number of hydrogen-bond acceptors (Lipinski definition) is 1. The lowest BCUT2D eigenvalue weighted by atomic mass is 10.0. The zero-order valence-electron chi connectivity index (χ0n) is 11.3. The van der Waals surface area contributed by atoms with E-state index < -0.39 is 0 Å². The minimum absolute atomic E-state index is 0.0179. The van der Waals surface area contributed by atoms with Crippen LogP contribution in [-0.4, -0.2) is 4.98 Å². The highest BCUT2D eigenvalue weighted by Gasteiger charge is 2.01. The van der Waals surface area contributed by atoms with Crippen LogP contribution in [0.4, 0.5) is 0 Å². The van der Waals surface area contributed by atoms with Crippen molar-refractivity contribution in [3.8, 4) is 0 Å². The number of fused-ring (bicyclic) bond motifs is 1. The van der Waals surface area contributed by atoms with E-state index >= 15 is 0 Å². The van der Waals surface area contributed by atoms with Crippen LogP contribution in [0.5, 0.6) is 0 Å². The van der Waals surface area contributed by atoms with Crippen molar-refractivity contribution in [3.63, 3.8) is 0 Å². The van der Waals surface area contributed by atoms with Crippen LogP contribution < -0.4 is 5.56 Å². The van der Waals surface area contributed by atoms with E-state index in [1.54, 1.807) is 6.07 Å². The first-order valence-corrected chi connectivity index (χ1v) is 6.83. The number of pyridine rings is 1.